The van der Waals surface area contributed by atoms with Crippen molar-refractivity contribution in [1.29, 1.82) is 0 Å². The van der Waals surface area contributed by atoms with Crippen LogP contribution in [-0.2, 0) is 38.1 Å². The molecule has 10 heteroatoms. The fraction of sp³-hybridized carbons (Fsp3) is 0.677. The van der Waals surface area contributed by atoms with Crippen molar-refractivity contribution in [1.82, 2.24) is 10.6 Å². The first kappa shape index (κ1) is 32.5. The molecular weight excluding hydrogens is 528 g/mol. The molecule has 10 nitrogen and oxygen atoms in total. The van der Waals surface area contributed by atoms with E-state index in [1.54, 1.807) is 27.7 Å². The summed E-state index contributed by atoms with van der Waals surface area (Å²) in [6.45, 7) is 9.10. The molecule has 1 aromatic rings. The molecule has 1 aromatic carbocycles. The molecule has 41 heavy (non-hydrogen) atoms. The predicted octanol–water partition coefficient (Wildman–Crippen LogP) is 2.99. The summed E-state index contributed by atoms with van der Waals surface area (Å²) in [7, 11) is 0. The van der Waals surface area contributed by atoms with Crippen molar-refractivity contribution in [3.05, 3.63) is 35.9 Å². The lowest BCUT2D eigenvalue weighted by Gasteiger charge is -2.37. The van der Waals surface area contributed by atoms with Gasteiger partial charge in [0, 0.05) is 0 Å². The molecule has 2 fully saturated rings. The second-order valence-corrected chi connectivity index (χ2v) is 10.7. The van der Waals surface area contributed by atoms with Gasteiger partial charge in [0.05, 0.1) is 39.3 Å². The fourth-order valence-corrected chi connectivity index (χ4v) is 6.61. The maximum atomic E-state index is 12.6. The highest BCUT2D eigenvalue weighted by atomic mass is 16.5. The highest BCUT2D eigenvalue weighted by molar-refractivity contribution is 5.83. The summed E-state index contributed by atoms with van der Waals surface area (Å²) in [5.74, 6) is -0.191. The van der Waals surface area contributed by atoms with Crippen LogP contribution in [0.15, 0.2) is 30.3 Å². The van der Waals surface area contributed by atoms with E-state index in [1.165, 1.54) is 5.56 Å². The Morgan fingerprint density at radius 2 is 1.24 bits per heavy atom. The van der Waals surface area contributed by atoms with E-state index in [9.17, 15) is 19.2 Å². The van der Waals surface area contributed by atoms with Crippen LogP contribution < -0.4 is 10.6 Å². The van der Waals surface area contributed by atoms with Gasteiger partial charge in [-0.3, -0.25) is 19.2 Å². The zero-order valence-corrected chi connectivity index (χ0v) is 24.8. The highest BCUT2D eigenvalue weighted by Gasteiger charge is 2.52. The molecule has 2 saturated carbocycles. The number of carbonyl (C=O) groups is 4. The van der Waals surface area contributed by atoms with Crippen molar-refractivity contribution in [2.24, 2.45) is 23.7 Å². The lowest BCUT2D eigenvalue weighted by Crippen LogP contribution is -2.46. The second-order valence-electron chi connectivity index (χ2n) is 10.7. The molecule has 0 heterocycles. The van der Waals surface area contributed by atoms with Crippen LogP contribution in [0.5, 0.6) is 0 Å². The van der Waals surface area contributed by atoms with Gasteiger partial charge < -0.3 is 29.6 Å². The molecule has 3 rings (SSSR count). The fourth-order valence-electron chi connectivity index (χ4n) is 6.61. The SMILES string of the molecule is CCOC(=O)CC(NCC1CC2CC1C(c1ccccc1)C2CNC(CC(=O)OCC)C(=O)OCC)C(=O)OCC. The van der Waals surface area contributed by atoms with Crippen LogP contribution in [0.3, 0.4) is 0 Å². The van der Waals surface area contributed by atoms with Gasteiger partial charge in [-0.05, 0) is 88.8 Å². The van der Waals surface area contributed by atoms with Crippen molar-refractivity contribution in [3.8, 4) is 0 Å². The van der Waals surface area contributed by atoms with Gasteiger partial charge in [0.15, 0.2) is 0 Å². The lowest BCUT2D eigenvalue weighted by atomic mass is 9.70. The van der Waals surface area contributed by atoms with Gasteiger partial charge in [0.1, 0.15) is 12.1 Å². The van der Waals surface area contributed by atoms with E-state index in [4.69, 9.17) is 18.9 Å². The molecule has 2 N–H and O–H groups in total. The van der Waals surface area contributed by atoms with Gasteiger partial charge in [0.2, 0.25) is 0 Å². The molecule has 0 aliphatic heterocycles. The summed E-state index contributed by atoms with van der Waals surface area (Å²) in [4.78, 5) is 49.6. The molecule has 7 unspecified atom stereocenters. The quantitative estimate of drug-likeness (QED) is 0.212. The Balaban J connectivity index is 1.72. The van der Waals surface area contributed by atoms with E-state index >= 15 is 0 Å². The minimum absolute atomic E-state index is 0.0716. The molecule has 2 aliphatic carbocycles. The molecule has 0 aromatic heterocycles. The average molecular weight is 575 g/mol. The van der Waals surface area contributed by atoms with E-state index < -0.39 is 36.0 Å². The number of fused-ring (bicyclic) bond motifs is 2. The van der Waals surface area contributed by atoms with Gasteiger partial charge >= 0.3 is 23.9 Å². The third kappa shape index (κ3) is 9.00. The normalized spacial score (nSPS) is 24.3. The lowest BCUT2D eigenvalue weighted by molar-refractivity contribution is -0.152. The Morgan fingerprint density at radius 1 is 0.732 bits per heavy atom. The molecule has 0 spiro atoms. The summed E-state index contributed by atoms with van der Waals surface area (Å²) in [5, 5.41) is 6.66. The van der Waals surface area contributed by atoms with Crippen molar-refractivity contribution < 1.29 is 38.1 Å². The minimum Gasteiger partial charge on any atom is -0.466 e. The smallest absolute Gasteiger partial charge is 0.323 e. The first-order valence-electron chi connectivity index (χ1n) is 15.0. The third-order valence-electron chi connectivity index (χ3n) is 8.22. The standard InChI is InChI=1S/C31H46N2O8/c1-5-38-27(34)16-25(30(36)40-7-3)32-18-22-14-21-15-23(22)29(20-12-10-9-11-13-20)24(21)19-33-26(31(37)41-8-4)17-28(35)39-6-2/h9-13,21-26,29,32-33H,5-8,14-19H2,1-4H3. The molecule has 2 aliphatic rings. The summed E-state index contributed by atoms with van der Waals surface area (Å²) in [6, 6.07) is 8.84. The van der Waals surface area contributed by atoms with E-state index in [2.05, 4.69) is 22.8 Å². The van der Waals surface area contributed by atoms with Crippen molar-refractivity contribution in [2.45, 2.75) is 71.4 Å². The Bertz CT molecular complexity index is 1000. The molecule has 0 saturated heterocycles. The van der Waals surface area contributed by atoms with Crippen LogP contribution in [-0.4, -0.2) is 75.5 Å². The van der Waals surface area contributed by atoms with Crippen LogP contribution in [0.25, 0.3) is 0 Å². The number of carbonyl (C=O) groups excluding carboxylic acids is 4. The number of ether oxygens (including phenoxy) is 4. The van der Waals surface area contributed by atoms with Crippen LogP contribution in [0.2, 0.25) is 0 Å². The van der Waals surface area contributed by atoms with Gasteiger partial charge in [-0.1, -0.05) is 30.3 Å². The van der Waals surface area contributed by atoms with Crippen LogP contribution in [0.4, 0.5) is 0 Å². The second kappa shape index (κ2) is 16.5. The van der Waals surface area contributed by atoms with Crippen LogP contribution >= 0.6 is 0 Å². The first-order chi connectivity index (χ1) is 19.8. The number of benzene rings is 1. The highest BCUT2D eigenvalue weighted by Crippen LogP contribution is 2.59. The minimum atomic E-state index is -0.768. The van der Waals surface area contributed by atoms with E-state index in [1.807, 2.05) is 18.2 Å². The summed E-state index contributed by atoms with van der Waals surface area (Å²) >= 11 is 0. The van der Waals surface area contributed by atoms with Crippen molar-refractivity contribution in [2.75, 3.05) is 39.5 Å². The van der Waals surface area contributed by atoms with Gasteiger partial charge in [-0.25, -0.2) is 0 Å². The van der Waals surface area contributed by atoms with Crippen LogP contribution in [0, 0.1) is 23.7 Å². The van der Waals surface area contributed by atoms with E-state index in [-0.39, 0.29) is 51.1 Å². The molecule has 2 bridgehead atoms. The number of hydrogen-bond acceptors (Lipinski definition) is 10. The monoisotopic (exact) mass is 574 g/mol. The number of nitrogens with one attached hydrogen (secondary N) is 2. The van der Waals surface area contributed by atoms with E-state index in [0.29, 0.717) is 30.8 Å². The summed E-state index contributed by atoms with van der Waals surface area (Å²) in [5.41, 5.74) is 1.24. The molecule has 0 radical (unpaired) electrons. The Hall–Kier alpha value is -2.98. The third-order valence-corrected chi connectivity index (χ3v) is 8.22. The zero-order chi connectivity index (χ0) is 29.8. The molecule has 7 atom stereocenters. The van der Waals surface area contributed by atoms with Gasteiger partial charge in [0.25, 0.3) is 0 Å². The first-order valence-corrected chi connectivity index (χ1v) is 15.0. The average Bonchev–Trinajstić information content (AvgIpc) is 3.52. The Kier molecular flexibility index (Phi) is 13.1. The maximum absolute atomic E-state index is 12.6. The topological polar surface area (TPSA) is 129 Å². The number of esters is 4. The van der Waals surface area contributed by atoms with Crippen molar-refractivity contribution in [3.63, 3.8) is 0 Å². The predicted molar refractivity (Wildman–Crippen MR) is 152 cm³/mol. The van der Waals surface area contributed by atoms with E-state index in [0.717, 1.165) is 12.8 Å². The van der Waals surface area contributed by atoms with Crippen molar-refractivity contribution >= 4 is 23.9 Å². The Morgan fingerprint density at radius 3 is 1.76 bits per heavy atom. The molecule has 228 valence electrons. The number of hydrogen-bond donors (Lipinski definition) is 2. The van der Waals surface area contributed by atoms with Gasteiger partial charge in [-0.15, -0.1) is 0 Å². The molecular formula is C31H46N2O8. The largest absolute Gasteiger partial charge is 0.466 e. The maximum Gasteiger partial charge on any atom is 0.323 e. The molecule has 0 amide bonds. The number of rotatable bonds is 17. The zero-order valence-electron chi connectivity index (χ0n) is 24.8. The van der Waals surface area contributed by atoms with Crippen LogP contribution in [0.1, 0.15) is 64.9 Å². The summed E-state index contributed by atoms with van der Waals surface area (Å²) < 4.78 is 20.6. The Labute approximate surface area is 243 Å². The summed E-state index contributed by atoms with van der Waals surface area (Å²) in [6.07, 6.45) is 1.84. The van der Waals surface area contributed by atoms with Gasteiger partial charge in [-0.2, -0.15) is 0 Å².